The van der Waals surface area contributed by atoms with Crippen molar-refractivity contribution in [3.05, 3.63) is 29.6 Å². The number of benzene rings is 1. The van der Waals surface area contributed by atoms with Crippen LogP contribution in [0.5, 0.6) is 0 Å². The molecule has 1 N–H and O–H groups in total. The van der Waals surface area contributed by atoms with E-state index in [2.05, 4.69) is 43.2 Å². The third-order valence-corrected chi connectivity index (χ3v) is 5.01. The first-order chi connectivity index (χ1) is 10.5. The predicted octanol–water partition coefficient (Wildman–Crippen LogP) is 3.35. The summed E-state index contributed by atoms with van der Waals surface area (Å²) in [6, 6.07) is 4.54. The highest BCUT2D eigenvalue weighted by atomic mass is 16.2. The summed E-state index contributed by atoms with van der Waals surface area (Å²) in [5.74, 6) is 0.679. The molecule has 4 nitrogen and oxygen atoms in total. The highest BCUT2D eigenvalue weighted by Crippen LogP contribution is 2.24. The maximum absolute atomic E-state index is 12.4. The number of carbonyl (C=O) groups excluding carboxylic acids is 1. The van der Waals surface area contributed by atoms with Crippen molar-refractivity contribution in [3.8, 4) is 0 Å². The maximum Gasteiger partial charge on any atom is 0.240 e. The van der Waals surface area contributed by atoms with E-state index < -0.39 is 0 Å². The first-order valence-electron chi connectivity index (χ1n) is 8.26. The summed E-state index contributed by atoms with van der Waals surface area (Å²) in [5.41, 5.74) is 4.46. The first-order valence-corrected chi connectivity index (χ1v) is 8.26. The lowest BCUT2D eigenvalue weighted by Gasteiger charge is -2.29. The molecule has 1 aliphatic carbocycles. The van der Waals surface area contributed by atoms with E-state index in [-0.39, 0.29) is 5.91 Å². The summed E-state index contributed by atoms with van der Waals surface area (Å²) in [7, 11) is 0. The van der Waals surface area contributed by atoms with Gasteiger partial charge in [-0.1, -0.05) is 19.8 Å². The average molecular weight is 299 g/mol. The largest absolute Gasteiger partial charge is 0.352 e. The second-order valence-corrected chi connectivity index (χ2v) is 6.73. The van der Waals surface area contributed by atoms with Crippen LogP contribution >= 0.6 is 0 Å². The minimum absolute atomic E-state index is 0.0938. The Morgan fingerprint density at radius 1 is 1.27 bits per heavy atom. The number of nitrogens with one attached hydrogen (secondary N) is 1. The molecule has 1 aromatic carbocycles. The summed E-state index contributed by atoms with van der Waals surface area (Å²) in [6.45, 7) is 6.77. The fourth-order valence-corrected chi connectivity index (χ4v) is 3.38. The zero-order chi connectivity index (χ0) is 15.7. The van der Waals surface area contributed by atoms with E-state index in [9.17, 15) is 4.79 Å². The van der Waals surface area contributed by atoms with Gasteiger partial charge in [-0.25, -0.2) is 4.98 Å². The third-order valence-electron chi connectivity index (χ3n) is 5.01. The summed E-state index contributed by atoms with van der Waals surface area (Å²) in [5, 5.41) is 3.21. The van der Waals surface area contributed by atoms with Crippen LogP contribution in [-0.2, 0) is 11.3 Å². The molecule has 0 bridgehead atoms. The standard InChI is InChI=1S/C18H25N3O/c1-12-6-4-5-7-15(12)20-18(22)10-21-11-19-16-8-13(2)14(3)9-17(16)21/h8-9,11-12,15H,4-7,10H2,1-3H3,(H,20,22). The van der Waals surface area contributed by atoms with Crippen molar-refractivity contribution in [1.82, 2.24) is 14.9 Å². The van der Waals surface area contributed by atoms with Crippen LogP contribution in [0.2, 0.25) is 0 Å². The molecule has 0 aliphatic heterocycles. The van der Waals surface area contributed by atoms with Crippen molar-refractivity contribution < 1.29 is 4.79 Å². The number of aryl methyl sites for hydroxylation is 2. The summed E-state index contributed by atoms with van der Waals surface area (Å²) in [6.07, 6.45) is 6.61. The van der Waals surface area contributed by atoms with Gasteiger partial charge in [0.1, 0.15) is 6.54 Å². The van der Waals surface area contributed by atoms with E-state index in [0.717, 1.165) is 17.5 Å². The van der Waals surface area contributed by atoms with Crippen LogP contribution in [0.15, 0.2) is 18.5 Å². The lowest BCUT2D eigenvalue weighted by atomic mass is 9.86. The molecule has 118 valence electrons. The molecule has 0 saturated heterocycles. The molecule has 22 heavy (non-hydrogen) atoms. The molecule has 1 saturated carbocycles. The smallest absolute Gasteiger partial charge is 0.240 e. The fraction of sp³-hybridized carbons (Fsp3) is 0.556. The van der Waals surface area contributed by atoms with Gasteiger partial charge < -0.3 is 9.88 Å². The lowest BCUT2D eigenvalue weighted by molar-refractivity contribution is -0.122. The zero-order valence-corrected chi connectivity index (χ0v) is 13.7. The van der Waals surface area contributed by atoms with Gasteiger partial charge in [0, 0.05) is 6.04 Å². The van der Waals surface area contributed by atoms with Gasteiger partial charge in [0.05, 0.1) is 17.4 Å². The van der Waals surface area contributed by atoms with E-state index in [1.54, 1.807) is 6.33 Å². The summed E-state index contributed by atoms with van der Waals surface area (Å²) >= 11 is 0. The maximum atomic E-state index is 12.4. The monoisotopic (exact) mass is 299 g/mol. The molecule has 0 radical (unpaired) electrons. The third kappa shape index (κ3) is 3.01. The predicted molar refractivity (Wildman–Crippen MR) is 88.8 cm³/mol. The van der Waals surface area contributed by atoms with Crippen LogP contribution in [0.3, 0.4) is 0 Å². The van der Waals surface area contributed by atoms with Crippen molar-refractivity contribution in [2.45, 2.75) is 59.0 Å². The van der Waals surface area contributed by atoms with Crippen LogP contribution < -0.4 is 5.32 Å². The molecule has 1 fully saturated rings. The SMILES string of the molecule is Cc1cc2ncn(CC(=O)NC3CCCCC3C)c2cc1C. The summed E-state index contributed by atoms with van der Waals surface area (Å²) in [4.78, 5) is 16.8. The molecule has 1 aromatic heterocycles. The highest BCUT2D eigenvalue weighted by Gasteiger charge is 2.22. The Morgan fingerprint density at radius 2 is 2.00 bits per heavy atom. The molecule has 1 heterocycles. The Labute approximate surface area is 131 Å². The Hall–Kier alpha value is -1.84. The number of nitrogens with zero attached hydrogens (tertiary/aromatic N) is 2. The minimum atomic E-state index is 0.0938. The lowest BCUT2D eigenvalue weighted by Crippen LogP contribution is -2.42. The molecule has 3 rings (SSSR count). The second kappa shape index (κ2) is 6.11. The van der Waals surface area contributed by atoms with Gasteiger partial charge in [0.25, 0.3) is 0 Å². The van der Waals surface area contributed by atoms with Crippen LogP contribution in [-0.4, -0.2) is 21.5 Å². The molecular formula is C18H25N3O. The molecular weight excluding hydrogens is 274 g/mol. The molecule has 2 aromatic rings. The van der Waals surface area contributed by atoms with Gasteiger partial charge in [0.2, 0.25) is 5.91 Å². The van der Waals surface area contributed by atoms with Crippen LogP contribution in [0, 0.1) is 19.8 Å². The Bertz CT molecular complexity index is 689. The number of amides is 1. The van der Waals surface area contributed by atoms with E-state index in [0.29, 0.717) is 18.5 Å². The average Bonchev–Trinajstić information content (AvgIpc) is 2.84. The van der Waals surface area contributed by atoms with Crippen molar-refractivity contribution in [1.29, 1.82) is 0 Å². The van der Waals surface area contributed by atoms with E-state index >= 15 is 0 Å². The number of carbonyl (C=O) groups is 1. The number of hydrogen-bond donors (Lipinski definition) is 1. The quantitative estimate of drug-likeness (QED) is 0.944. The van der Waals surface area contributed by atoms with Gasteiger partial charge >= 0.3 is 0 Å². The first kappa shape index (κ1) is 15.1. The van der Waals surface area contributed by atoms with E-state index in [1.807, 2.05) is 4.57 Å². The molecule has 1 aliphatic rings. The van der Waals surface area contributed by atoms with Gasteiger partial charge in [0.15, 0.2) is 0 Å². The number of rotatable bonds is 3. The Balaban J connectivity index is 1.72. The molecule has 2 atom stereocenters. The van der Waals surface area contributed by atoms with Gasteiger partial charge in [-0.2, -0.15) is 0 Å². The van der Waals surface area contributed by atoms with Crippen molar-refractivity contribution >= 4 is 16.9 Å². The van der Waals surface area contributed by atoms with Crippen molar-refractivity contribution in [2.24, 2.45) is 5.92 Å². The number of fused-ring (bicyclic) bond motifs is 1. The van der Waals surface area contributed by atoms with Crippen molar-refractivity contribution in [2.75, 3.05) is 0 Å². The van der Waals surface area contributed by atoms with Crippen LogP contribution in [0.4, 0.5) is 0 Å². The number of aromatic nitrogens is 2. The zero-order valence-electron chi connectivity index (χ0n) is 13.7. The van der Waals surface area contributed by atoms with Gasteiger partial charge in [-0.3, -0.25) is 4.79 Å². The van der Waals surface area contributed by atoms with Gasteiger partial charge in [-0.05, 0) is 55.9 Å². The summed E-state index contributed by atoms with van der Waals surface area (Å²) < 4.78 is 1.95. The molecule has 1 amide bonds. The van der Waals surface area contributed by atoms with E-state index in [1.165, 1.54) is 30.4 Å². The molecule has 4 heteroatoms. The number of hydrogen-bond acceptors (Lipinski definition) is 2. The minimum Gasteiger partial charge on any atom is -0.352 e. The Kier molecular flexibility index (Phi) is 4.19. The Morgan fingerprint density at radius 3 is 2.77 bits per heavy atom. The topological polar surface area (TPSA) is 46.9 Å². The normalized spacial score (nSPS) is 22.0. The van der Waals surface area contributed by atoms with Crippen LogP contribution in [0.25, 0.3) is 11.0 Å². The van der Waals surface area contributed by atoms with E-state index in [4.69, 9.17) is 0 Å². The fourth-order valence-electron chi connectivity index (χ4n) is 3.38. The number of imidazole rings is 1. The van der Waals surface area contributed by atoms with Crippen LogP contribution in [0.1, 0.15) is 43.7 Å². The molecule has 0 spiro atoms. The molecule has 2 unspecified atom stereocenters. The van der Waals surface area contributed by atoms with Crippen molar-refractivity contribution in [3.63, 3.8) is 0 Å². The van der Waals surface area contributed by atoms with Gasteiger partial charge in [-0.15, -0.1) is 0 Å². The highest BCUT2D eigenvalue weighted by molar-refractivity contribution is 5.81. The second-order valence-electron chi connectivity index (χ2n) is 6.73.